The molecule has 116 valence electrons. The number of sulfonamides is 1. The van der Waals surface area contributed by atoms with E-state index in [1.165, 1.54) is 11.3 Å². The number of nitrogens with zero attached hydrogens (tertiary/aromatic N) is 4. The van der Waals surface area contributed by atoms with Gasteiger partial charge >= 0.3 is 0 Å². The van der Waals surface area contributed by atoms with Crippen LogP contribution < -0.4 is 4.72 Å². The van der Waals surface area contributed by atoms with E-state index >= 15 is 0 Å². The summed E-state index contributed by atoms with van der Waals surface area (Å²) in [6.45, 7) is 5.57. The Morgan fingerprint density at radius 3 is 2.73 bits per heavy atom. The molecule has 0 saturated carbocycles. The summed E-state index contributed by atoms with van der Waals surface area (Å²) in [5.74, 6) is 0.676. The molecular formula is C13H15N5O2S2. The Morgan fingerprint density at radius 2 is 2.00 bits per heavy atom. The molecule has 22 heavy (non-hydrogen) atoms. The molecule has 0 spiro atoms. The van der Waals surface area contributed by atoms with Crippen molar-refractivity contribution in [2.24, 2.45) is 0 Å². The molecule has 2 aromatic heterocycles. The summed E-state index contributed by atoms with van der Waals surface area (Å²) in [5, 5.41) is 12.8. The summed E-state index contributed by atoms with van der Waals surface area (Å²) < 4.78 is 29.1. The van der Waals surface area contributed by atoms with Crippen LogP contribution in [-0.2, 0) is 16.6 Å². The van der Waals surface area contributed by atoms with E-state index in [1.807, 2.05) is 13.0 Å². The molecule has 1 aromatic carbocycles. The molecule has 0 aliphatic rings. The van der Waals surface area contributed by atoms with Crippen LogP contribution in [0.5, 0.6) is 0 Å². The minimum absolute atomic E-state index is 0.128. The lowest BCUT2D eigenvalue weighted by molar-refractivity contribution is 0.580. The van der Waals surface area contributed by atoms with Crippen molar-refractivity contribution in [3.05, 3.63) is 40.2 Å². The van der Waals surface area contributed by atoms with Crippen LogP contribution in [0.2, 0.25) is 0 Å². The van der Waals surface area contributed by atoms with Crippen molar-refractivity contribution in [1.82, 2.24) is 24.5 Å². The Kier molecular flexibility index (Phi) is 3.71. The van der Waals surface area contributed by atoms with Crippen LogP contribution in [0, 0.1) is 20.8 Å². The zero-order valence-corrected chi connectivity index (χ0v) is 14.0. The molecule has 2 heterocycles. The van der Waals surface area contributed by atoms with Crippen molar-refractivity contribution < 1.29 is 8.42 Å². The lowest BCUT2D eigenvalue weighted by atomic mass is 10.2. The van der Waals surface area contributed by atoms with E-state index in [9.17, 15) is 8.42 Å². The van der Waals surface area contributed by atoms with Gasteiger partial charge in [-0.25, -0.2) is 13.1 Å². The largest absolute Gasteiger partial charge is 0.241 e. The third-order valence-corrected chi connectivity index (χ3v) is 5.68. The van der Waals surface area contributed by atoms with E-state index in [0.717, 1.165) is 5.56 Å². The molecule has 0 aliphatic carbocycles. The third-order valence-electron chi connectivity index (χ3n) is 3.24. The smallest absolute Gasteiger partial charge is 0.207 e. The van der Waals surface area contributed by atoms with E-state index in [0.29, 0.717) is 26.3 Å². The number of aromatic nitrogens is 4. The predicted molar refractivity (Wildman–Crippen MR) is 83.3 cm³/mol. The van der Waals surface area contributed by atoms with Gasteiger partial charge in [0.15, 0.2) is 5.82 Å². The van der Waals surface area contributed by atoms with Crippen molar-refractivity contribution in [3.8, 4) is 0 Å². The van der Waals surface area contributed by atoms with Gasteiger partial charge in [0.25, 0.3) is 0 Å². The topological polar surface area (TPSA) is 89.2 Å². The Balaban J connectivity index is 1.83. The number of hydrogen-bond acceptors (Lipinski definition) is 6. The van der Waals surface area contributed by atoms with Gasteiger partial charge in [0, 0.05) is 0 Å². The molecule has 3 aromatic rings. The molecular weight excluding hydrogens is 322 g/mol. The normalized spacial score (nSPS) is 12.1. The molecule has 0 unspecified atom stereocenters. The van der Waals surface area contributed by atoms with Crippen LogP contribution in [0.4, 0.5) is 0 Å². The van der Waals surface area contributed by atoms with E-state index < -0.39 is 10.0 Å². The molecule has 0 saturated heterocycles. The Bertz CT molecular complexity index is 943. The Labute approximate surface area is 132 Å². The van der Waals surface area contributed by atoms with Crippen LogP contribution in [0.1, 0.15) is 22.0 Å². The van der Waals surface area contributed by atoms with Gasteiger partial charge in [-0.1, -0.05) is 23.5 Å². The maximum Gasteiger partial charge on any atom is 0.241 e. The predicted octanol–water partition coefficient (Wildman–Crippen LogP) is 1.59. The lowest BCUT2D eigenvalue weighted by Gasteiger charge is -2.09. The van der Waals surface area contributed by atoms with Crippen LogP contribution in [0.25, 0.3) is 4.96 Å². The molecule has 0 bridgehead atoms. The standard InChI is InChI=1S/C13H15N5O2S2/c1-8-4-5-9(2)11(6-8)22(19,20)14-7-12-17-18-10(3)15-16-13(18)21-12/h4-6,14H,7H2,1-3H3. The highest BCUT2D eigenvalue weighted by atomic mass is 32.2. The summed E-state index contributed by atoms with van der Waals surface area (Å²) in [5.41, 5.74) is 1.62. The second kappa shape index (κ2) is 5.41. The molecule has 1 N–H and O–H groups in total. The van der Waals surface area contributed by atoms with Crippen molar-refractivity contribution >= 4 is 26.3 Å². The molecule has 9 heteroatoms. The molecule has 0 radical (unpaired) electrons. The van der Waals surface area contributed by atoms with E-state index in [4.69, 9.17) is 0 Å². The monoisotopic (exact) mass is 337 g/mol. The van der Waals surface area contributed by atoms with E-state index in [2.05, 4.69) is 20.0 Å². The first kappa shape index (κ1) is 15.1. The average Bonchev–Trinajstić information content (AvgIpc) is 3.02. The van der Waals surface area contributed by atoms with Crippen LogP contribution in [0.3, 0.4) is 0 Å². The highest BCUT2D eigenvalue weighted by Gasteiger charge is 2.18. The first-order chi connectivity index (χ1) is 10.4. The number of hydrogen-bond donors (Lipinski definition) is 1. The minimum atomic E-state index is -3.57. The Morgan fingerprint density at radius 1 is 1.23 bits per heavy atom. The highest BCUT2D eigenvalue weighted by molar-refractivity contribution is 7.89. The Hall–Kier alpha value is -1.84. The molecule has 7 nitrogen and oxygen atoms in total. The number of benzene rings is 1. The summed E-state index contributed by atoms with van der Waals surface area (Å²) in [6.07, 6.45) is 0. The SMILES string of the molecule is Cc1ccc(C)c(S(=O)(=O)NCc2nn3c(C)nnc3s2)c1. The molecule has 0 atom stereocenters. The molecule has 0 fully saturated rings. The quantitative estimate of drug-likeness (QED) is 0.781. The first-order valence-electron chi connectivity index (χ1n) is 6.61. The fraction of sp³-hybridized carbons (Fsp3) is 0.308. The summed E-state index contributed by atoms with van der Waals surface area (Å²) in [7, 11) is -3.57. The van der Waals surface area contributed by atoms with Gasteiger partial charge in [-0.15, -0.1) is 10.2 Å². The fourth-order valence-electron chi connectivity index (χ4n) is 2.06. The van der Waals surface area contributed by atoms with Crippen molar-refractivity contribution in [1.29, 1.82) is 0 Å². The fourth-order valence-corrected chi connectivity index (χ4v) is 4.28. The van der Waals surface area contributed by atoms with Gasteiger partial charge in [-0.05, 0) is 38.0 Å². The zero-order chi connectivity index (χ0) is 15.9. The molecule has 0 amide bonds. The first-order valence-corrected chi connectivity index (χ1v) is 8.91. The maximum atomic E-state index is 12.4. The van der Waals surface area contributed by atoms with Crippen LogP contribution in [-0.4, -0.2) is 28.2 Å². The average molecular weight is 337 g/mol. The number of fused-ring (bicyclic) bond motifs is 1. The summed E-state index contributed by atoms with van der Waals surface area (Å²) in [6, 6.07) is 5.36. The summed E-state index contributed by atoms with van der Waals surface area (Å²) in [4.78, 5) is 0.949. The van der Waals surface area contributed by atoms with Gasteiger partial charge in [-0.2, -0.15) is 9.61 Å². The van der Waals surface area contributed by atoms with Crippen molar-refractivity contribution in [2.75, 3.05) is 0 Å². The van der Waals surface area contributed by atoms with Crippen LogP contribution >= 0.6 is 11.3 Å². The maximum absolute atomic E-state index is 12.4. The van der Waals surface area contributed by atoms with Crippen molar-refractivity contribution in [2.45, 2.75) is 32.2 Å². The summed E-state index contributed by atoms with van der Waals surface area (Å²) >= 11 is 1.31. The second-order valence-corrected chi connectivity index (χ2v) is 7.81. The lowest BCUT2D eigenvalue weighted by Crippen LogP contribution is -2.24. The van der Waals surface area contributed by atoms with Crippen LogP contribution in [0.15, 0.2) is 23.1 Å². The van der Waals surface area contributed by atoms with Gasteiger partial charge in [0.05, 0.1) is 11.4 Å². The zero-order valence-electron chi connectivity index (χ0n) is 12.4. The highest BCUT2D eigenvalue weighted by Crippen LogP contribution is 2.18. The van der Waals surface area contributed by atoms with Gasteiger partial charge < -0.3 is 0 Å². The van der Waals surface area contributed by atoms with E-state index in [1.54, 1.807) is 30.5 Å². The van der Waals surface area contributed by atoms with Gasteiger partial charge in [0.2, 0.25) is 15.0 Å². The van der Waals surface area contributed by atoms with Gasteiger partial charge in [-0.3, -0.25) is 0 Å². The number of aryl methyl sites for hydroxylation is 3. The number of rotatable bonds is 4. The third kappa shape index (κ3) is 2.74. The van der Waals surface area contributed by atoms with Crippen molar-refractivity contribution in [3.63, 3.8) is 0 Å². The molecule has 0 aliphatic heterocycles. The van der Waals surface area contributed by atoms with Gasteiger partial charge in [0.1, 0.15) is 5.01 Å². The second-order valence-electron chi connectivity index (χ2n) is 5.03. The molecule has 3 rings (SSSR count). The van der Waals surface area contributed by atoms with E-state index in [-0.39, 0.29) is 6.54 Å². The number of nitrogens with one attached hydrogen (secondary N) is 1. The minimum Gasteiger partial charge on any atom is -0.207 e.